The van der Waals surface area contributed by atoms with E-state index in [4.69, 9.17) is 10.2 Å². The van der Waals surface area contributed by atoms with Crippen LogP contribution in [0.3, 0.4) is 0 Å². The number of anilines is 1. The lowest BCUT2D eigenvalue weighted by Crippen LogP contribution is -2.10. The summed E-state index contributed by atoms with van der Waals surface area (Å²) < 4.78 is 7.72. The van der Waals surface area contributed by atoms with Crippen molar-refractivity contribution in [2.75, 3.05) is 18.4 Å². The van der Waals surface area contributed by atoms with Gasteiger partial charge in [-0.25, -0.2) is 9.50 Å². The molecule has 0 aliphatic rings. The van der Waals surface area contributed by atoms with Gasteiger partial charge in [-0.05, 0) is 37.2 Å². The normalized spacial score (nSPS) is 11.3. The van der Waals surface area contributed by atoms with E-state index in [0.29, 0.717) is 6.54 Å². The number of fused-ring (bicyclic) bond motifs is 2. The van der Waals surface area contributed by atoms with Gasteiger partial charge in [0, 0.05) is 11.9 Å². The minimum absolute atomic E-state index is 0.657. The Kier molecular flexibility index (Phi) is 3.44. The molecule has 3 N–H and O–H groups in total. The first-order chi connectivity index (χ1) is 11.3. The summed E-state index contributed by atoms with van der Waals surface area (Å²) in [5, 5.41) is 8.92. The number of para-hydroxylation sites is 1. The largest absolute Gasteiger partial charge is 0.454 e. The lowest BCUT2D eigenvalue weighted by molar-refractivity contribution is 0.625. The summed E-state index contributed by atoms with van der Waals surface area (Å²) in [6, 6.07) is 13.8. The van der Waals surface area contributed by atoms with Crippen molar-refractivity contribution in [1.82, 2.24) is 14.6 Å². The SMILES string of the molecule is NCCCNc1ccc2ncc(-c3cc4ccccc4o3)n2n1. The van der Waals surface area contributed by atoms with Crippen molar-refractivity contribution in [2.45, 2.75) is 6.42 Å². The molecule has 1 aromatic carbocycles. The van der Waals surface area contributed by atoms with Crippen LogP contribution in [0.25, 0.3) is 28.1 Å². The molecule has 0 aliphatic heterocycles. The molecule has 0 saturated heterocycles. The van der Waals surface area contributed by atoms with Crippen LogP contribution in [0.1, 0.15) is 6.42 Å². The molecule has 0 spiro atoms. The lowest BCUT2D eigenvalue weighted by atomic mass is 10.2. The minimum Gasteiger partial charge on any atom is -0.454 e. The molecule has 23 heavy (non-hydrogen) atoms. The standard InChI is InChI=1S/C17H17N5O/c18-8-3-9-19-16-6-7-17-20-11-13(22(17)21-16)15-10-12-4-1-2-5-14(12)23-15/h1-2,4-7,10-11H,3,8-9,18H2,(H,19,21). The molecule has 6 heteroatoms. The second kappa shape index (κ2) is 5.73. The average Bonchev–Trinajstić information content (AvgIpc) is 3.18. The highest BCUT2D eigenvalue weighted by Crippen LogP contribution is 2.28. The van der Waals surface area contributed by atoms with Gasteiger partial charge in [0.25, 0.3) is 0 Å². The lowest BCUT2D eigenvalue weighted by Gasteiger charge is -2.05. The van der Waals surface area contributed by atoms with Crippen molar-refractivity contribution < 1.29 is 4.42 Å². The van der Waals surface area contributed by atoms with Crippen molar-refractivity contribution >= 4 is 22.4 Å². The van der Waals surface area contributed by atoms with E-state index in [1.54, 1.807) is 10.7 Å². The molecule has 0 unspecified atom stereocenters. The number of nitrogens with two attached hydrogens (primary N) is 1. The summed E-state index contributed by atoms with van der Waals surface area (Å²) in [5.74, 6) is 1.55. The molecule has 0 radical (unpaired) electrons. The molecule has 4 rings (SSSR count). The van der Waals surface area contributed by atoms with Crippen LogP contribution in [0.4, 0.5) is 5.82 Å². The third kappa shape index (κ3) is 2.53. The fraction of sp³-hybridized carbons (Fsp3) is 0.176. The second-order valence-corrected chi connectivity index (χ2v) is 5.35. The molecule has 0 fully saturated rings. The zero-order chi connectivity index (χ0) is 15.6. The van der Waals surface area contributed by atoms with E-state index < -0.39 is 0 Å². The highest BCUT2D eigenvalue weighted by molar-refractivity contribution is 5.82. The van der Waals surface area contributed by atoms with E-state index in [-0.39, 0.29) is 0 Å². The van der Waals surface area contributed by atoms with Gasteiger partial charge >= 0.3 is 0 Å². The molecule has 0 bridgehead atoms. The number of furan rings is 1. The predicted molar refractivity (Wildman–Crippen MR) is 90.4 cm³/mol. The summed E-state index contributed by atoms with van der Waals surface area (Å²) >= 11 is 0. The number of aromatic nitrogens is 3. The van der Waals surface area contributed by atoms with Gasteiger partial charge in [0.15, 0.2) is 11.4 Å². The van der Waals surface area contributed by atoms with Crippen LogP contribution in [0.15, 0.2) is 53.1 Å². The first kappa shape index (κ1) is 13.8. The van der Waals surface area contributed by atoms with E-state index in [1.165, 1.54) is 0 Å². The molecular formula is C17H17N5O. The molecule has 0 amide bonds. The van der Waals surface area contributed by atoms with E-state index >= 15 is 0 Å². The Morgan fingerprint density at radius 3 is 2.96 bits per heavy atom. The van der Waals surface area contributed by atoms with E-state index in [2.05, 4.69) is 15.4 Å². The molecule has 0 atom stereocenters. The molecule has 3 aromatic heterocycles. The number of nitrogens with zero attached hydrogens (tertiary/aromatic N) is 3. The Morgan fingerprint density at radius 1 is 1.17 bits per heavy atom. The van der Waals surface area contributed by atoms with Crippen LogP contribution in [0.2, 0.25) is 0 Å². The molecule has 0 aliphatic carbocycles. The van der Waals surface area contributed by atoms with Crippen molar-refractivity contribution in [3.63, 3.8) is 0 Å². The zero-order valence-corrected chi connectivity index (χ0v) is 12.6. The fourth-order valence-electron chi connectivity index (χ4n) is 2.56. The number of hydrogen-bond acceptors (Lipinski definition) is 5. The van der Waals surface area contributed by atoms with E-state index in [9.17, 15) is 0 Å². The highest BCUT2D eigenvalue weighted by atomic mass is 16.3. The first-order valence-corrected chi connectivity index (χ1v) is 7.63. The molecule has 4 aromatic rings. The van der Waals surface area contributed by atoms with Gasteiger partial charge in [-0.2, -0.15) is 0 Å². The predicted octanol–water partition coefficient (Wildman–Crippen LogP) is 2.90. The Bertz CT molecular complexity index is 923. The van der Waals surface area contributed by atoms with Crippen LogP contribution in [-0.2, 0) is 0 Å². The summed E-state index contributed by atoms with van der Waals surface area (Å²) in [6.45, 7) is 1.45. The van der Waals surface area contributed by atoms with Crippen LogP contribution in [0.5, 0.6) is 0 Å². The van der Waals surface area contributed by atoms with Gasteiger partial charge < -0.3 is 15.5 Å². The van der Waals surface area contributed by atoms with Crippen LogP contribution >= 0.6 is 0 Å². The van der Waals surface area contributed by atoms with Gasteiger partial charge in [-0.3, -0.25) is 0 Å². The molecule has 116 valence electrons. The molecular weight excluding hydrogens is 290 g/mol. The Hall–Kier alpha value is -2.86. The van der Waals surface area contributed by atoms with Crippen molar-refractivity contribution in [2.24, 2.45) is 5.73 Å². The smallest absolute Gasteiger partial charge is 0.155 e. The van der Waals surface area contributed by atoms with Gasteiger partial charge in [-0.15, -0.1) is 5.10 Å². The zero-order valence-electron chi connectivity index (χ0n) is 12.6. The Labute approximate surface area is 132 Å². The maximum atomic E-state index is 5.92. The average molecular weight is 307 g/mol. The molecule has 6 nitrogen and oxygen atoms in total. The maximum Gasteiger partial charge on any atom is 0.155 e. The number of benzene rings is 1. The number of imidazole rings is 1. The van der Waals surface area contributed by atoms with Crippen molar-refractivity contribution in [3.8, 4) is 11.5 Å². The molecule has 3 heterocycles. The molecule has 0 saturated carbocycles. The summed E-state index contributed by atoms with van der Waals surface area (Å²) in [4.78, 5) is 4.40. The van der Waals surface area contributed by atoms with Crippen LogP contribution < -0.4 is 11.1 Å². The Balaban J connectivity index is 1.75. The van der Waals surface area contributed by atoms with Gasteiger partial charge in [0.1, 0.15) is 17.1 Å². The highest BCUT2D eigenvalue weighted by Gasteiger charge is 2.12. The van der Waals surface area contributed by atoms with Crippen LogP contribution in [-0.4, -0.2) is 27.7 Å². The maximum absolute atomic E-state index is 5.92. The topological polar surface area (TPSA) is 81.4 Å². The Morgan fingerprint density at radius 2 is 2.09 bits per heavy atom. The minimum atomic E-state index is 0.657. The summed E-state index contributed by atoms with van der Waals surface area (Å²) in [7, 11) is 0. The monoisotopic (exact) mass is 307 g/mol. The second-order valence-electron chi connectivity index (χ2n) is 5.35. The van der Waals surface area contributed by atoms with Crippen molar-refractivity contribution in [3.05, 3.63) is 48.7 Å². The number of nitrogens with one attached hydrogen (secondary N) is 1. The first-order valence-electron chi connectivity index (χ1n) is 7.63. The number of rotatable bonds is 5. The summed E-state index contributed by atoms with van der Waals surface area (Å²) in [6.07, 6.45) is 2.68. The van der Waals surface area contributed by atoms with Crippen molar-refractivity contribution in [1.29, 1.82) is 0 Å². The third-order valence-corrected chi connectivity index (χ3v) is 3.73. The van der Waals surface area contributed by atoms with Gasteiger partial charge in [0.05, 0.1) is 6.20 Å². The van der Waals surface area contributed by atoms with Gasteiger partial charge in [0.2, 0.25) is 0 Å². The third-order valence-electron chi connectivity index (χ3n) is 3.73. The van der Waals surface area contributed by atoms with E-state index in [0.717, 1.165) is 46.9 Å². The van der Waals surface area contributed by atoms with E-state index in [1.807, 2.05) is 42.5 Å². The quantitative estimate of drug-likeness (QED) is 0.554. The fourth-order valence-corrected chi connectivity index (χ4v) is 2.56. The van der Waals surface area contributed by atoms with Crippen LogP contribution in [0, 0.1) is 0 Å². The summed E-state index contributed by atoms with van der Waals surface area (Å²) in [5.41, 5.74) is 7.99. The van der Waals surface area contributed by atoms with Gasteiger partial charge in [-0.1, -0.05) is 18.2 Å². The number of hydrogen-bond donors (Lipinski definition) is 2.